The Labute approximate surface area is 122 Å². The molecule has 0 atom stereocenters. The van der Waals surface area contributed by atoms with Crippen molar-refractivity contribution in [3.05, 3.63) is 23.4 Å². The van der Waals surface area contributed by atoms with Crippen LogP contribution in [-0.2, 0) is 6.42 Å². The fourth-order valence-corrected chi connectivity index (χ4v) is 2.00. The first-order chi connectivity index (χ1) is 9.47. The molecule has 0 aliphatic carbocycles. The smallest absolute Gasteiger partial charge is 0.251 e. The third-order valence-electron chi connectivity index (χ3n) is 3.88. The van der Waals surface area contributed by atoms with Crippen molar-refractivity contribution < 1.29 is 4.79 Å². The number of amides is 1. The fourth-order valence-electron chi connectivity index (χ4n) is 2.00. The minimum Gasteiger partial charge on any atom is -0.373 e. The standard InChI is InChI=1S/C16H27N3O/c1-6-9-13-10-12(11-14(17-5)18-13)15(20)19-16(4,7-2)8-3/h10-11H,6-9H2,1-5H3,(H,17,18)(H,19,20). The quantitative estimate of drug-likeness (QED) is 0.803. The van der Waals surface area contributed by atoms with E-state index in [1.165, 1.54) is 0 Å². The van der Waals surface area contributed by atoms with Gasteiger partial charge in [-0.2, -0.15) is 0 Å². The normalized spacial score (nSPS) is 11.2. The van der Waals surface area contributed by atoms with Crippen molar-refractivity contribution in [2.75, 3.05) is 12.4 Å². The van der Waals surface area contributed by atoms with Crippen LogP contribution in [0.4, 0.5) is 5.82 Å². The summed E-state index contributed by atoms with van der Waals surface area (Å²) >= 11 is 0. The molecule has 1 amide bonds. The van der Waals surface area contributed by atoms with Gasteiger partial charge in [0.1, 0.15) is 5.82 Å². The zero-order valence-corrected chi connectivity index (χ0v) is 13.3. The lowest BCUT2D eigenvalue weighted by Gasteiger charge is -2.28. The number of hydrogen-bond acceptors (Lipinski definition) is 3. The average molecular weight is 277 g/mol. The maximum atomic E-state index is 12.4. The Morgan fingerprint density at radius 1 is 1.25 bits per heavy atom. The van der Waals surface area contributed by atoms with Gasteiger partial charge in [0.2, 0.25) is 0 Å². The Morgan fingerprint density at radius 3 is 2.40 bits per heavy atom. The number of anilines is 1. The monoisotopic (exact) mass is 277 g/mol. The van der Waals surface area contributed by atoms with Crippen LogP contribution in [0.3, 0.4) is 0 Å². The van der Waals surface area contributed by atoms with Gasteiger partial charge in [-0.1, -0.05) is 27.2 Å². The second-order valence-electron chi connectivity index (χ2n) is 5.45. The third kappa shape index (κ3) is 4.22. The van der Waals surface area contributed by atoms with Gasteiger partial charge in [0.25, 0.3) is 5.91 Å². The summed E-state index contributed by atoms with van der Waals surface area (Å²) in [6.45, 7) is 8.38. The van der Waals surface area contributed by atoms with Crippen LogP contribution in [0.1, 0.15) is 63.0 Å². The summed E-state index contributed by atoms with van der Waals surface area (Å²) in [5.74, 6) is 0.725. The molecule has 4 nitrogen and oxygen atoms in total. The summed E-state index contributed by atoms with van der Waals surface area (Å²) in [7, 11) is 1.82. The molecule has 0 aliphatic heterocycles. The molecule has 1 aromatic heterocycles. The lowest BCUT2D eigenvalue weighted by molar-refractivity contribution is 0.0901. The van der Waals surface area contributed by atoms with Gasteiger partial charge in [0.15, 0.2) is 0 Å². The average Bonchev–Trinajstić information content (AvgIpc) is 2.47. The van der Waals surface area contributed by atoms with Crippen LogP contribution in [0.5, 0.6) is 0 Å². The Bertz CT molecular complexity index is 453. The Kier molecular flexibility index (Phi) is 5.99. The van der Waals surface area contributed by atoms with E-state index in [1.807, 2.05) is 13.1 Å². The molecule has 0 bridgehead atoms. The van der Waals surface area contributed by atoms with E-state index in [2.05, 4.69) is 43.3 Å². The fraction of sp³-hybridized carbons (Fsp3) is 0.625. The van der Waals surface area contributed by atoms with E-state index in [4.69, 9.17) is 0 Å². The maximum Gasteiger partial charge on any atom is 0.251 e. The Hall–Kier alpha value is -1.58. The van der Waals surface area contributed by atoms with E-state index in [-0.39, 0.29) is 11.4 Å². The first-order valence-corrected chi connectivity index (χ1v) is 7.49. The van der Waals surface area contributed by atoms with Crippen LogP contribution in [-0.4, -0.2) is 23.5 Å². The summed E-state index contributed by atoms with van der Waals surface area (Å²) < 4.78 is 0. The van der Waals surface area contributed by atoms with Gasteiger partial charge in [-0.15, -0.1) is 0 Å². The van der Waals surface area contributed by atoms with Crippen molar-refractivity contribution in [2.24, 2.45) is 0 Å². The van der Waals surface area contributed by atoms with Gasteiger partial charge < -0.3 is 10.6 Å². The molecule has 1 aromatic rings. The van der Waals surface area contributed by atoms with Crippen molar-refractivity contribution in [3.8, 4) is 0 Å². The molecule has 1 rings (SSSR count). The van der Waals surface area contributed by atoms with Crippen LogP contribution >= 0.6 is 0 Å². The number of pyridine rings is 1. The van der Waals surface area contributed by atoms with Crippen molar-refractivity contribution in [2.45, 2.75) is 58.9 Å². The molecule has 20 heavy (non-hydrogen) atoms. The molecule has 0 spiro atoms. The SMILES string of the molecule is CCCc1cc(C(=O)NC(C)(CC)CC)cc(NC)n1. The highest BCUT2D eigenvalue weighted by molar-refractivity contribution is 5.95. The summed E-state index contributed by atoms with van der Waals surface area (Å²) in [6.07, 6.45) is 3.74. The molecule has 0 saturated carbocycles. The molecule has 0 saturated heterocycles. The number of aromatic nitrogens is 1. The Balaban J connectivity index is 2.99. The van der Waals surface area contributed by atoms with Crippen LogP contribution in [0, 0.1) is 0 Å². The topological polar surface area (TPSA) is 54.0 Å². The van der Waals surface area contributed by atoms with Crippen LogP contribution < -0.4 is 10.6 Å². The number of nitrogens with zero attached hydrogens (tertiary/aromatic N) is 1. The molecule has 0 fully saturated rings. The summed E-state index contributed by atoms with van der Waals surface area (Å²) in [6, 6.07) is 3.70. The number of nitrogens with one attached hydrogen (secondary N) is 2. The lowest BCUT2D eigenvalue weighted by Crippen LogP contribution is -2.45. The molecule has 4 heteroatoms. The zero-order chi connectivity index (χ0) is 15.2. The van der Waals surface area contributed by atoms with Gasteiger partial charge in [0, 0.05) is 23.8 Å². The maximum absolute atomic E-state index is 12.4. The number of rotatable bonds is 7. The Morgan fingerprint density at radius 2 is 1.90 bits per heavy atom. The van der Waals surface area contributed by atoms with Gasteiger partial charge in [-0.3, -0.25) is 4.79 Å². The van der Waals surface area contributed by atoms with E-state index in [0.29, 0.717) is 5.56 Å². The summed E-state index contributed by atoms with van der Waals surface area (Å²) in [4.78, 5) is 16.9. The molecular formula is C16H27N3O. The van der Waals surface area contributed by atoms with Crippen molar-refractivity contribution in [1.82, 2.24) is 10.3 Å². The van der Waals surface area contributed by atoms with E-state index in [9.17, 15) is 4.79 Å². The summed E-state index contributed by atoms with van der Waals surface area (Å²) in [5.41, 5.74) is 1.49. The van der Waals surface area contributed by atoms with E-state index >= 15 is 0 Å². The van der Waals surface area contributed by atoms with Gasteiger partial charge in [-0.05, 0) is 38.3 Å². The molecule has 0 aromatic carbocycles. The zero-order valence-electron chi connectivity index (χ0n) is 13.3. The highest BCUT2D eigenvalue weighted by Gasteiger charge is 2.23. The van der Waals surface area contributed by atoms with E-state index in [0.717, 1.165) is 37.2 Å². The molecule has 2 N–H and O–H groups in total. The molecule has 0 aliphatic rings. The van der Waals surface area contributed by atoms with Crippen molar-refractivity contribution >= 4 is 11.7 Å². The number of carbonyl (C=O) groups excluding carboxylic acids is 1. The highest BCUT2D eigenvalue weighted by Crippen LogP contribution is 2.17. The first kappa shape index (κ1) is 16.5. The summed E-state index contributed by atoms with van der Waals surface area (Å²) in [5, 5.41) is 6.16. The van der Waals surface area contributed by atoms with Crippen LogP contribution in [0.25, 0.3) is 0 Å². The predicted molar refractivity (Wildman–Crippen MR) is 84.2 cm³/mol. The molecule has 112 valence electrons. The van der Waals surface area contributed by atoms with Gasteiger partial charge in [0.05, 0.1) is 0 Å². The highest BCUT2D eigenvalue weighted by atomic mass is 16.1. The minimum absolute atomic E-state index is 0.0209. The minimum atomic E-state index is -0.148. The van der Waals surface area contributed by atoms with Crippen molar-refractivity contribution in [3.63, 3.8) is 0 Å². The first-order valence-electron chi connectivity index (χ1n) is 7.49. The molecule has 0 unspecified atom stereocenters. The number of carbonyl (C=O) groups is 1. The lowest BCUT2D eigenvalue weighted by atomic mass is 9.95. The van der Waals surface area contributed by atoms with E-state index < -0.39 is 0 Å². The van der Waals surface area contributed by atoms with Crippen LogP contribution in [0.2, 0.25) is 0 Å². The largest absolute Gasteiger partial charge is 0.373 e. The van der Waals surface area contributed by atoms with Gasteiger partial charge in [-0.25, -0.2) is 4.98 Å². The molecule has 1 heterocycles. The second kappa shape index (κ2) is 7.27. The number of hydrogen-bond donors (Lipinski definition) is 2. The van der Waals surface area contributed by atoms with Crippen LogP contribution in [0.15, 0.2) is 12.1 Å². The predicted octanol–water partition coefficient (Wildman–Crippen LogP) is 3.38. The molecular weight excluding hydrogens is 250 g/mol. The van der Waals surface area contributed by atoms with Gasteiger partial charge >= 0.3 is 0 Å². The van der Waals surface area contributed by atoms with E-state index in [1.54, 1.807) is 6.07 Å². The third-order valence-corrected chi connectivity index (χ3v) is 3.88. The number of aryl methyl sites for hydroxylation is 1. The van der Waals surface area contributed by atoms with Crippen molar-refractivity contribution in [1.29, 1.82) is 0 Å². The second-order valence-corrected chi connectivity index (χ2v) is 5.45. The molecule has 0 radical (unpaired) electrons.